The Hall–Kier alpha value is -2.67. The van der Waals surface area contributed by atoms with Gasteiger partial charge in [-0.2, -0.15) is 0 Å². The van der Waals surface area contributed by atoms with Gasteiger partial charge >= 0.3 is 0 Å². The highest BCUT2D eigenvalue weighted by Gasteiger charge is 2.20. The van der Waals surface area contributed by atoms with Gasteiger partial charge in [-0.15, -0.1) is 0 Å². The lowest BCUT2D eigenvalue weighted by molar-refractivity contribution is -0.384. The van der Waals surface area contributed by atoms with Crippen molar-refractivity contribution in [2.75, 3.05) is 36.4 Å². The highest BCUT2D eigenvalue weighted by Crippen LogP contribution is 2.22. The van der Waals surface area contributed by atoms with Crippen molar-refractivity contribution in [1.82, 2.24) is 4.90 Å². The van der Waals surface area contributed by atoms with E-state index in [2.05, 4.69) is 35.0 Å². The zero-order valence-electron chi connectivity index (χ0n) is 14.9. The lowest BCUT2D eigenvalue weighted by Gasteiger charge is -2.37. The molecular weight excluding hydrogens is 348 g/mol. The Morgan fingerprint density at radius 1 is 1.08 bits per heavy atom. The predicted molar refractivity (Wildman–Crippen MR) is 109 cm³/mol. The third-order valence-corrected chi connectivity index (χ3v) is 5.20. The zero-order valence-corrected chi connectivity index (χ0v) is 15.8. The van der Waals surface area contributed by atoms with Crippen molar-refractivity contribution in [1.29, 1.82) is 0 Å². The average molecular weight is 370 g/mol. The fourth-order valence-electron chi connectivity index (χ4n) is 3.03. The molecule has 3 rings (SSSR count). The Labute approximate surface area is 158 Å². The van der Waals surface area contributed by atoms with E-state index < -0.39 is 0 Å². The number of nitro benzene ring substituents is 1. The van der Waals surface area contributed by atoms with Gasteiger partial charge in [0.05, 0.1) is 4.92 Å². The molecule has 0 unspecified atom stereocenters. The number of nitrogens with zero attached hydrogens (tertiary/aromatic N) is 3. The molecule has 1 saturated heterocycles. The molecule has 1 fully saturated rings. The van der Waals surface area contributed by atoms with Crippen LogP contribution in [-0.2, 0) is 0 Å². The molecule has 1 N–H and O–H groups in total. The lowest BCUT2D eigenvalue weighted by Crippen LogP contribution is -2.50. The molecule has 2 aromatic carbocycles. The second-order valence-electron chi connectivity index (χ2n) is 6.43. The van der Waals surface area contributed by atoms with Crippen LogP contribution in [0.1, 0.15) is 11.1 Å². The van der Waals surface area contributed by atoms with Gasteiger partial charge in [0.15, 0.2) is 5.11 Å². The number of hydrogen-bond donors (Lipinski definition) is 1. The van der Waals surface area contributed by atoms with Gasteiger partial charge in [0, 0.05) is 49.7 Å². The fourth-order valence-corrected chi connectivity index (χ4v) is 3.33. The Kier molecular flexibility index (Phi) is 5.37. The summed E-state index contributed by atoms with van der Waals surface area (Å²) >= 11 is 5.58. The number of aryl methyl sites for hydroxylation is 1. The quantitative estimate of drug-likeness (QED) is 0.505. The van der Waals surface area contributed by atoms with E-state index in [1.165, 1.54) is 11.1 Å². The maximum absolute atomic E-state index is 10.8. The number of piperazine rings is 1. The number of thiocarbonyl (C=S) groups is 1. The van der Waals surface area contributed by atoms with Crippen LogP contribution in [-0.4, -0.2) is 41.1 Å². The lowest BCUT2D eigenvalue weighted by atomic mass is 10.1. The average Bonchev–Trinajstić information content (AvgIpc) is 2.65. The summed E-state index contributed by atoms with van der Waals surface area (Å²) in [5.41, 5.74) is 4.61. The van der Waals surface area contributed by atoms with Crippen LogP contribution in [0.25, 0.3) is 0 Å². The Balaban J connectivity index is 1.58. The molecule has 0 atom stereocenters. The van der Waals surface area contributed by atoms with Gasteiger partial charge in [-0.1, -0.05) is 12.1 Å². The van der Waals surface area contributed by atoms with Crippen molar-refractivity contribution < 1.29 is 4.92 Å². The van der Waals surface area contributed by atoms with Gasteiger partial charge in [0.2, 0.25) is 0 Å². The molecule has 0 bridgehead atoms. The maximum Gasteiger partial charge on any atom is 0.269 e. The van der Waals surface area contributed by atoms with Crippen molar-refractivity contribution in [2.24, 2.45) is 0 Å². The van der Waals surface area contributed by atoms with Gasteiger partial charge < -0.3 is 15.1 Å². The van der Waals surface area contributed by atoms with Crippen LogP contribution in [0, 0.1) is 24.0 Å². The number of rotatable bonds is 3. The maximum atomic E-state index is 10.8. The Morgan fingerprint density at radius 2 is 1.73 bits per heavy atom. The van der Waals surface area contributed by atoms with E-state index in [0.717, 1.165) is 42.7 Å². The summed E-state index contributed by atoms with van der Waals surface area (Å²) in [6, 6.07) is 12.9. The number of non-ortho nitro benzene ring substituents is 1. The molecule has 1 aliphatic rings. The molecule has 7 heteroatoms. The van der Waals surface area contributed by atoms with E-state index in [1.807, 2.05) is 12.1 Å². The summed E-state index contributed by atoms with van der Waals surface area (Å²) in [4.78, 5) is 14.8. The van der Waals surface area contributed by atoms with Gasteiger partial charge in [-0.3, -0.25) is 10.1 Å². The van der Waals surface area contributed by atoms with Crippen molar-refractivity contribution in [3.8, 4) is 0 Å². The Bertz CT molecular complexity index is 815. The molecule has 0 aliphatic carbocycles. The SMILES string of the molecule is Cc1cccc(NC(=S)N2CCN(c3ccc([N+](=O)[O-])cc3)CC2)c1C. The fraction of sp³-hybridized carbons (Fsp3) is 0.316. The van der Waals surface area contributed by atoms with E-state index in [4.69, 9.17) is 12.2 Å². The monoisotopic (exact) mass is 370 g/mol. The second-order valence-corrected chi connectivity index (χ2v) is 6.81. The molecule has 26 heavy (non-hydrogen) atoms. The summed E-state index contributed by atoms with van der Waals surface area (Å²) in [5, 5.41) is 14.9. The minimum Gasteiger partial charge on any atom is -0.368 e. The first-order chi connectivity index (χ1) is 12.5. The number of nitro groups is 1. The highest BCUT2D eigenvalue weighted by atomic mass is 32.1. The molecule has 136 valence electrons. The molecular formula is C19H22N4O2S. The topological polar surface area (TPSA) is 61.6 Å². The van der Waals surface area contributed by atoms with Crippen LogP contribution in [0.3, 0.4) is 0 Å². The summed E-state index contributed by atoms with van der Waals surface area (Å²) < 4.78 is 0. The minimum absolute atomic E-state index is 0.117. The number of anilines is 2. The van der Waals surface area contributed by atoms with Crippen LogP contribution >= 0.6 is 12.2 Å². The van der Waals surface area contributed by atoms with Crippen molar-refractivity contribution in [3.63, 3.8) is 0 Å². The van der Waals surface area contributed by atoms with Crippen molar-refractivity contribution in [3.05, 3.63) is 63.7 Å². The van der Waals surface area contributed by atoms with Gasteiger partial charge in [-0.05, 0) is 55.4 Å². The number of nitrogens with one attached hydrogen (secondary N) is 1. The van der Waals surface area contributed by atoms with Crippen LogP contribution in [0.4, 0.5) is 17.1 Å². The summed E-state index contributed by atoms with van der Waals surface area (Å²) in [5.74, 6) is 0. The van der Waals surface area contributed by atoms with Gasteiger partial charge in [-0.25, -0.2) is 0 Å². The highest BCUT2D eigenvalue weighted by molar-refractivity contribution is 7.80. The first-order valence-corrected chi connectivity index (χ1v) is 8.98. The Morgan fingerprint density at radius 3 is 2.35 bits per heavy atom. The number of hydrogen-bond acceptors (Lipinski definition) is 4. The standard InChI is InChI=1S/C19H22N4O2S/c1-14-4-3-5-18(15(14)2)20-19(26)22-12-10-21(11-13-22)16-6-8-17(9-7-16)23(24)25/h3-9H,10-13H2,1-2H3,(H,20,26). The van der Waals surface area contributed by atoms with E-state index in [9.17, 15) is 10.1 Å². The first-order valence-electron chi connectivity index (χ1n) is 8.57. The van der Waals surface area contributed by atoms with Crippen LogP contribution in [0.5, 0.6) is 0 Å². The van der Waals surface area contributed by atoms with E-state index in [0.29, 0.717) is 0 Å². The van der Waals surface area contributed by atoms with E-state index in [1.54, 1.807) is 24.3 Å². The molecule has 0 radical (unpaired) electrons. The van der Waals surface area contributed by atoms with Crippen molar-refractivity contribution >= 4 is 34.4 Å². The summed E-state index contributed by atoms with van der Waals surface area (Å²) in [6.07, 6.45) is 0. The molecule has 1 aliphatic heterocycles. The van der Waals surface area contributed by atoms with Crippen LogP contribution < -0.4 is 10.2 Å². The molecule has 0 amide bonds. The largest absolute Gasteiger partial charge is 0.368 e. The van der Waals surface area contributed by atoms with Gasteiger partial charge in [0.25, 0.3) is 5.69 Å². The van der Waals surface area contributed by atoms with Crippen molar-refractivity contribution in [2.45, 2.75) is 13.8 Å². The third-order valence-electron chi connectivity index (χ3n) is 4.84. The third kappa shape index (κ3) is 3.94. The van der Waals surface area contributed by atoms with E-state index >= 15 is 0 Å². The molecule has 0 aromatic heterocycles. The summed E-state index contributed by atoms with van der Waals surface area (Å²) in [7, 11) is 0. The first kappa shape index (κ1) is 18.1. The molecule has 0 spiro atoms. The smallest absolute Gasteiger partial charge is 0.269 e. The molecule has 0 saturated carbocycles. The normalized spacial score (nSPS) is 14.2. The van der Waals surface area contributed by atoms with Crippen LogP contribution in [0.15, 0.2) is 42.5 Å². The molecule has 1 heterocycles. The number of benzene rings is 2. The molecule has 6 nitrogen and oxygen atoms in total. The van der Waals surface area contributed by atoms with Gasteiger partial charge in [0.1, 0.15) is 0 Å². The minimum atomic E-state index is -0.376. The summed E-state index contributed by atoms with van der Waals surface area (Å²) in [6.45, 7) is 7.46. The van der Waals surface area contributed by atoms with Crippen LogP contribution in [0.2, 0.25) is 0 Å². The zero-order chi connectivity index (χ0) is 18.7. The second kappa shape index (κ2) is 7.70. The predicted octanol–water partition coefficient (Wildman–Crippen LogP) is 3.73. The van der Waals surface area contributed by atoms with E-state index in [-0.39, 0.29) is 10.6 Å². The molecule has 2 aromatic rings.